The first-order valence-electron chi connectivity index (χ1n) is 6.11. The quantitative estimate of drug-likeness (QED) is 0.793. The fourth-order valence-electron chi connectivity index (χ4n) is 2.11. The highest BCUT2D eigenvalue weighted by molar-refractivity contribution is 5.75. The van der Waals surface area contributed by atoms with Crippen LogP contribution in [-0.2, 0) is 9.53 Å². The molecule has 1 N–H and O–H groups in total. The zero-order chi connectivity index (χ0) is 12.3. The second-order valence-corrected chi connectivity index (χ2v) is 4.64. The molecule has 0 amide bonds. The predicted molar refractivity (Wildman–Crippen MR) is 66.5 cm³/mol. The summed E-state index contributed by atoms with van der Waals surface area (Å²) in [5.74, 6) is 0.455. The molecule has 1 aromatic carbocycles. The Balaban J connectivity index is 2.06. The number of carbonyl (C=O) groups excluding carboxylic acids is 1. The van der Waals surface area contributed by atoms with Crippen molar-refractivity contribution in [1.29, 1.82) is 0 Å². The third-order valence-corrected chi connectivity index (χ3v) is 3.24. The Morgan fingerprint density at radius 2 is 2.00 bits per heavy atom. The fraction of sp³-hybridized carbons (Fsp3) is 0.500. The number of esters is 1. The molecule has 0 aliphatic heterocycles. The predicted octanol–water partition coefficient (Wildman–Crippen LogP) is 2.29. The van der Waals surface area contributed by atoms with Crippen molar-refractivity contribution in [3.63, 3.8) is 0 Å². The summed E-state index contributed by atoms with van der Waals surface area (Å²) < 4.78 is 4.75. The summed E-state index contributed by atoms with van der Waals surface area (Å²) in [6, 6.07) is 10.3. The summed E-state index contributed by atoms with van der Waals surface area (Å²) in [6.45, 7) is 1.85. The van der Waals surface area contributed by atoms with Crippen LogP contribution in [-0.4, -0.2) is 19.1 Å². The lowest BCUT2D eigenvalue weighted by Gasteiger charge is -2.22. The third kappa shape index (κ3) is 3.07. The first-order chi connectivity index (χ1) is 8.22. The summed E-state index contributed by atoms with van der Waals surface area (Å²) in [5, 5.41) is 3.37. The van der Waals surface area contributed by atoms with Crippen molar-refractivity contribution in [2.45, 2.75) is 31.8 Å². The normalized spacial score (nSPS) is 18.5. The minimum absolute atomic E-state index is 0.202. The summed E-state index contributed by atoms with van der Waals surface area (Å²) in [5.41, 5.74) is 1.26. The Bertz CT molecular complexity index is 373. The Morgan fingerprint density at radius 1 is 1.35 bits per heavy atom. The molecular weight excluding hydrogens is 214 g/mol. The van der Waals surface area contributed by atoms with E-state index in [1.807, 2.05) is 25.1 Å². The molecule has 0 radical (unpaired) electrons. The number of nitrogens with one attached hydrogen (secondary N) is 1. The molecule has 0 aromatic heterocycles. The van der Waals surface area contributed by atoms with Gasteiger partial charge in [-0.3, -0.25) is 10.1 Å². The molecule has 0 saturated heterocycles. The Morgan fingerprint density at radius 3 is 2.53 bits per heavy atom. The Hall–Kier alpha value is -1.35. The van der Waals surface area contributed by atoms with Crippen LogP contribution in [0.25, 0.3) is 0 Å². The van der Waals surface area contributed by atoms with E-state index < -0.39 is 0 Å². The molecular formula is C14H19NO2. The number of carbonyl (C=O) groups is 1. The third-order valence-electron chi connectivity index (χ3n) is 3.24. The number of ether oxygens (including phenoxy) is 1. The molecule has 0 heterocycles. The maximum atomic E-state index is 11.4. The van der Waals surface area contributed by atoms with Crippen molar-refractivity contribution in [2.75, 3.05) is 7.11 Å². The molecule has 1 aliphatic rings. The van der Waals surface area contributed by atoms with Crippen molar-refractivity contribution in [3.8, 4) is 0 Å². The highest BCUT2D eigenvalue weighted by Crippen LogP contribution is 2.41. The van der Waals surface area contributed by atoms with Gasteiger partial charge in [0.15, 0.2) is 0 Å². The number of methoxy groups -OCH3 is 1. The van der Waals surface area contributed by atoms with Gasteiger partial charge in [0.1, 0.15) is 6.04 Å². The van der Waals surface area contributed by atoms with Gasteiger partial charge < -0.3 is 4.74 Å². The standard InChI is InChI=1S/C14H19NO2/c1-10(14(16)17-2)15-13(12-8-9-12)11-6-4-3-5-7-11/h3-7,10,12-13,15H,8-9H2,1-2H3. The van der Waals surface area contributed by atoms with E-state index >= 15 is 0 Å². The highest BCUT2D eigenvalue weighted by atomic mass is 16.5. The van der Waals surface area contributed by atoms with Crippen molar-refractivity contribution in [2.24, 2.45) is 5.92 Å². The van der Waals surface area contributed by atoms with Gasteiger partial charge in [-0.25, -0.2) is 0 Å². The molecule has 17 heavy (non-hydrogen) atoms. The van der Waals surface area contributed by atoms with Crippen LogP contribution in [0.5, 0.6) is 0 Å². The van der Waals surface area contributed by atoms with Crippen molar-refractivity contribution in [3.05, 3.63) is 35.9 Å². The molecule has 2 unspecified atom stereocenters. The number of hydrogen-bond donors (Lipinski definition) is 1. The molecule has 0 bridgehead atoms. The zero-order valence-electron chi connectivity index (χ0n) is 10.3. The number of benzene rings is 1. The summed E-state index contributed by atoms with van der Waals surface area (Å²) in [4.78, 5) is 11.4. The summed E-state index contributed by atoms with van der Waals surface area (Å²) in [6.07, 6.45) is 2.47. The van der Waals surface area contributed by atoms with E-state index in [1.165, 1.54) is 25.5 Å². The van der Waals surface area contributed by atoms with Crippen LogP contribution < -0.4 is 5.32 Å². The lowest BCUT2D eigenvalue weighted by molar-refractivity contribution is -0.142. The lowest BCUT2D eigenvalue weighted by Crippen LogP contribution is -2.38. The fourth-order valence-corrected chi connectivity index (χ4v) is 2.11. The van der Waals surface area contributed by atoms with Gasteiger partial charge in [0.05, 0.1) is 7.11 Å². The first-order valence-corrected chi connectivity index (χ1v) is 6.11. The minimum atomic E-state index is -0.259. The monoisotopic (exact) mass is 233 g/mol. The van der Waals surface area contributed by atoms with Crippen LogP contribution >= 0.6 is 0 Å². The summed E-state index contributed by atoms with van der Waals surface area (Å²) in [7, 11) is 1.43. The average molecular weight is 233 g/mol. The molecule has 92 valence electrons. The van der Waals surface area contributed by atoms with E-state index in [0.717, 1.165) is 0 Å². The molecule has 2 atom stereocenters. The topological polar surface area (TPSA) is 38.3 Å². The number of rotatable bonds is 5. The molecule has 3 nitrogen and oxygen atoms in total. The van der Waals surface area contributed by atoms with E-state index in [4.69, 9.17) is 4.74 Å². The van der Waals surface area contributed by atoms with Crippen LogP contribution in [0, 0.1) is 5.92 Å². The van der Waals surface area contributed by atoms with Gasteiger partial charge in [0, 0.05) is 6.04 Å². The molecule has 1 fully saturated rings. The van der Waals surface area contributed by atoms with E-state index in [0.29, 0.717) is 5.92 Å². The van der Waals surface area contributed by atoms with Gasteiger partial charge in [0.25, 0.3) is 0 Å². The van der Waals surface area contributed by atoms with Crippen molar-refractivity contribution in [1.82, 2.24) is 5.32 Å². The Kier molecular flexibility index (Phi) is 3.79. The van der Waals surface area contributed by atoms with Gasteiger partial charge in [-0.05, 0) is 31.2 Å². The smallest absolute Gasteiger partial charge is 0.322 e. The zero-order valence-corrected chi connectivity index (χ0v) is 10.3. The van der Waals surface area contributed by atoms with Crippen molar-refractivity contribution >= 4 is 5.97 Å². The van der Waals surface area contributed by atoms with Crippen LogP contribution in [0.3, 0.4) is 0 Å². The van der Waals surface area contributed by atoms with Gasteiger partial charge in [-0.1, -0.05) is 30.3 Å². The minimum Gasteiger partial charge on any atom is -0.468 e. The summed E-state index contributed by atoms with van der Waals surface area (Å²) >= 11 is 0. The second-order valence-electron chi connectivity index (χ2n) is 4.64. The second kappa shape index (κ2) is 5.32. The molecule has 1 aromatic rings. The lowest BCUT2D eigenvalue weighted by atomic mass is 10.0. The molecule has 0 spiro atoms. The first kappa shape index (κ1) is 12.1. The van der Waals surface area contributed by atoms with Gasteiger partial charge >= 0.3 is 5.97 Å². The molecule has 3 heteroatoms. The van der Waals surface area contributed by atoms with Crippen molar-refractivity contribution < 1.29 is 9.53 Å². The Labute approximate surface area is 102 Å². The average Bonchev–Trinajstić information content (AvgIpc) is 3.20. The van der Waals surface area contributed by atoms with Crippen LogP contribution in [0.2, 0.25) is 0 Å². The van der Waals surface area contributed by atoms with Gasteiger partial charge in [0.2, 0.25) is 0 Å². The van der Waals surface area contributed by atoms with E-state index in [2.05, 4.69) is 17.4 Å². The highest BCUT2D eigenvalue weighted by Gasteiger charge is 2.34. The van der Waals surface area contributed by atoms with Crippen LogP contribution in [0.15, 0.2) is 30.3 Å². The molecule has 2 rings (SSSR count). The number of hydrogen-bond acceptors (Lipinski definition) is 3. The molecule has 1 saturated carbocycles. The molecule has 1 aliphatic carbocycles. The maximum Gasteiger partial charge on any atom is 0.322 e. The van der Waals surface area contributed by atoms with Crippen LogP contribution in [0.1, 0.15) is 31.4 Å². The van der Waals surface area contributed by atoms with E-state index in [9.17, 15) is 4.79 Å². The SMILES string of the molecule is COC(=O)C(C)NC(c1ccccc1)C1CC1. The van der Waals surface area contributed by atoms with E-state index in [1.54, 1.807) is 0 Å². The van der Waals surface area contributed by atoms with Gasteiger partial charge in [-0.2, -0.15) is 0 Å². The van der Waals surface area contributed by atoms with Crippen LogP contribution in [0.4, 0.5) is 0 Å². The largest absolute Gasteiger partial charge is 0.468 e. The maximum absolute atomic E-state index is 11.4. The van der Waals surface area contributed by atoms with Gasteiger partial charge in [-0.15, -0.1) is 0 Å². The van der Waals surface area contributed by atoms with E-state index in [-0.39, 0.29) is 18.1 Å².